The molecule has 0 unspecified atom stereocenters. The topological polar surface area (TPSA) is 77.4 Å². The van der Waals surface area contributed by atoms with Gasteiger partial charge < -0.3 is 15.0 Å². The minimum absolute atomic E-state index is 0. The molecule has 0 heterocycles. The van der Waals surface area contributed by atoms with Crippen LogP contribution >= 0.6 is 15.9 Å². The summed E-state index contributed by atoms with van der Waals surface area (Å²) in [5, 5.41) is 14.9. The summed E-state index contributed by atoms with van der Waals surface area (Å²) in [6.45, 7) is -2.94. The minimum atomic E-state index is -2.94. The van der Waals surface area contributed by atoms with Crippen LogP contribution < -0.4 is 34.7 Å². The van der Waals surface area contributed by atoms with Crippen LogP contribution in [0.3, 0.4) is 0 Å². The number of halogens is 1. The monoisotopic (exact) mass is 230 g/mol. The summed E-state index contributed by atoms with van der Waals surface area (Å²) < 4.78 is 30.9. The van der Waals surface area contributed by atoms with E-state index in [9.17, 15) is 14.7 Å². The molecule has 6 heteroatoms. The van der Waals surface area contributed by atoms with E-state index in [-0.39, 0.29) is 29.6 Å². The van der Waals surface area contributed by atoms with Gasteiger partial charge in [0, 0.05) is 10.1 Å². The average molecular weight is 231 g/mol. The zero-order valence-corrected chi connectivity index (χ0v) is 8.64. The Kier molecular flexibility index (Phi) is 7.27. The van der Waals surface area contributed by atoms with E-state index in [1.54, 1.807) is 0 Å². The van der Waals surface area contributed by atoms with Crippen LogP contribution in [0.25, 0.3) is 0 Å². The molecule has 0 bridgehead atoms. The number of hydrogen-bond donors (Lipinski definition) is 1. The first-order chi connectivity index (χ1) is 5.89. The van der Waals surface area contributed by atoms with Crippen LogP contribution in [0.4, 0.5) is 0 Å². The molecular weight excluding hydrogens is 215 g/mol. The Hall–Kier alpha value is 0.420. The summed E-state index contributed by atoms with van der Waals surface area (Å²) in [4.78, 5) is 18.9. The summed E-state index contributed by atoms with van der Waals surface area (Å²) >= 11 is 2.28. The van der Waals surface area contributed by atoms with Crippen LogP contribution in [0.2, 0.25) is 0 Å². The standard InChI is InChI=1S/C2H3BrO2.C2H4O2.Na/c3-1-2(4)5;1-2(3)4;/h1H2,(H,4,5);1H3,(H,3,4);/q;;+1/p-1/i1T2;1T3;. The van der Waals surface area contributed by atoms with Crippen LogP contribution in [0.1, 0.15) is 13.7 Å². The molecule has 4 nitrogen and oxygen atoms in total. The molecule has 0 amide bonds. The zero-order valence-electron chi connectivity index (χ0n) is 10.0. The van der Waals surface area contributed by atoms with Crippen molar-refractivity contribution >= 4 is 27.9 Å². The first-order valence-corrected chi connectivity index (χ1v) is 2.32. The van der Waals surface area contributed by atoms with Gasteiger partial charge in [-0.1, -0.05) is 15.9 Å². The van der Waals surface area contributed by atoms with E-state index in [2.05, 4.69) is 15.9 Å². The van der Waals surface area contributed by atoms with Gasteiger partial charge in [0.25, 0.3) is 0 Å². The fourth-order valence-electron chi connectivity index (χ4n) is 0. The molecule has 10 heavy (non-hydrogen) atoms. The minimum Gasteiger partial charge on any atom is -0.550 e. The van der Waals surface area contributed by atoms with Crippen molar-refractivity contribution in [2.75, 3.05) is 5.28 Å². The molecule has 0 spiro atoms. The van der Waals surface area contributed by atoms with Gasteiger partial charge in [0.1, 0.15) is 5.28 Å². The Morgan fingerprint density at radius 3 is 2.10 bits per heavy atom. The second-order valence-electron chi connectivity index (χ2n) is 0.687. The summed E-state index contributed by atoms with van der Waals surface area (Å²) in [5.74, 6) is -3.51. The van der Waals surface area contributed by atoms with E-state index in [1.165, 1.54) is 0 Å². The van der Waals surface area contributed by atoms with Gasteiger partial charge in [-0.25, -0.2) is 0 Å². The number of carboxylic acid groups (broad SMARTS) is 2. The molecule has 0 saturated heterocycles. The van der Waals surface area contributed by atoms with Gasteiger partial charge in [-0.05, 0) is 6.85 Å². The Bertz CT molecular complexity index is 200. The molecule has 0 aliphatic heterocycles. The molecule has 0 aromatic carbocycles. The predicted molar refractivity (Wildman–Crippen MR) is 32.1 cm³/mol. The Morgan fingerprint density at radius 2 is 2.10 bits per heavy atom. The van der Waals surface area contributed by atoms with Gasteiger partial charge in [-0.2, -0.15) is 0 Å². The van der Waals surface area contributed by atoms with Crippen molar-refractivity contribution in [3.63, 3.8) is 0 Å². The number of carbonyl (C=O) groups is 2. The number of carboxylic acids is 2. The number of carbonyl (C=O) groups excluding carboxylic acids is 1. The number of hydrogen-bond acceptors (Lipinski definition) is 3. The van der Waals surface area contributed by atoms with Crippen LogP contribution in [-0.4, -0.2) is 22.3 Å². The van der Waals surface area contributed by atoms with E-state index in [0.717, 1.165) is 0 Å². The fourth-order valence-corrected chi connectivity index (χ4v) is 0. The smallest absolute Gasteiger partial charge is 0.550 e. The van der Waals surface area contributed by atoms with E-state index in [1.807, 2.05) is 0 Å². The molecule has 1 N–H and O–H groups in total. The predicted octanol–water partition coefficient (Wildman–Crippen LogP) is -3.77. The Balaban J connectivity index is -0.000000180. The number of aliphatic carboxylic acids is 2. The van der Waals surface area contributed by atoms with Gasteiger partial charge in [0.2, 0.25) is 0 Å². The summed E-state index contributed by atoms with van der Waals surface area (Å²) in [6.07, 6.45) is 0. The molecule has 0 atom stereocenters. The second-order valence-corrected chi connectivity index (χ2v) is 1.08. The van der Waals surface area contributed by atoms with E-state index >= 15 is 0 Å². The largest absolute Gasteiger partial charge is 1.00 e. The molecular formula is C4H6BrNaO4. The maximum Gasteiger partial charge on any atom is 1.00 e. The average Bonchev–Trinajstić information content (AvgIpc) is 1.83. The maximum atomic E-state index is 9.60. The maximum absolute atomic E-state index is 9.60. The van der Waals surface area contributed by atoms with Crippen LogP contribution in [0.5, 0.6) is 0 Å². The fraction of sp³-hybridized carbons (Fsp3) is 0.500. The van der Waals surface area contributed by atoms with Crippen molar-refractivity contribution in [2.45, 2.75) is 6.85 Å². The zero-order chi connectivity index (χ0) is 12.2. The third-order valence-corrected chi connectivity index (χ3v) is 0.420. The van der Waals surface area contributed by atoms with Gasteiger partial charge >= 0.3 is 35.5 Å². The van der Waals surface area contributed by atoms with Crippen molar-refractivity contribution < 1.29 is 56.2 Å². The van der Waals surface area contributed by atoms with Gasteiger partial charge in [0.05, 0.1) is 2.74 Å². The number of rotatable bonds is 1. The summed E-state index contributed by atoms with van der Waals surface area (Å²) in [5.41, 5.74) is 0. The van der Waals surface area contributed by atoms with Crippen molar-refractivity contribution in [3.05, 3.63) is 0 Å². The number of alkyl halides is 1. The SMILES string of the molecule is [3H]C([3H])(Br)C(=O)O.[3H]C([3H])([3H])C(=O)[O-].[Na+]. The first kappa shape index (κ1) is 5.99. The molecule has 0 aliphatic carbocycles. The Morgan fingerprint density at radius 1 is 1.90 bits per heavy atom. The summed E-state index contributed by atoms with van der Waals surface area (Å²) in [6, 6.07) is 0. The molecule has 54 valence electrons. The molecule has 0 aliphatic rings. The molecule has 0 fully saturated rings. The molecule has 0 aromatic rings. The van der Waals surface area contributed by atoms with Crippen molar-refractivity contribution in [2.24, 2.45) is 0 Å². The van der Waals surface area contributed by atoms with Gasteiger partial charge in [-0.3, -0.25) is 4.79 Å². The quantitative estimate of drug-likeness (QED) is 0.371. The molecule has 0 rings (SSSR count). The third kappa shape index (κ3) is 79.2. The van der Waals surface area contributed by atoms with Gasteiger partial charge in [-0.15, -0.1) is 0 Å². The molecule has 0 saturated carbocycles. The van der Waals surface area contributed by atoms with E-state index in [0.29, 0.717) is 0 Å². The first-order valence-electron chi connectivity index (χ1n) is 4.02. The van der Waals surface area contributed by atoms with Crippen molar-refractivity contribution in [1.82, 2.24) is 0 Å². The third-order valence-electron chi connectivity index (χ3n) is 0.0808. The summed E-state index contributed by atoms with van der Waals surface area (Å²) in [7, 11) is 0. The Labute approximate surface area is 96.1 Å². The molecule has 0 radical (unpaired) electrons. The normalized spacial score (nSPS) is 16.3. The molecule has 0 aromatic heterocycles. The van der Waals surface area contributed by atoms with Crippen LogP contribution in [0.15, 0.2) is 0 Å². The van der Waals surface area contributed by atoms with E-state index in [4.69, 9.17) is 12.0 Å². The van der Waals surface area contributed by atoms with Crippen molar-refractivity contribution in [1.29, 1.82) is 0 Å². The van der Waals surface area contributed by atoms with Gasteiger partial charge in [0.15, 0.2) is 0 Å². The van der Waals surface area contributed by atoms with Crippen LogP contribution in [-0.2, 0) is 9.59 Å². The van der Waals surface area contributed by atoms with E-state index < -0.39 is 24.1 Å². The second kappa shape index (κ2) is 12.1. The van der Waals surface area contributed by atoms with Crippen molar-refractivity contribution in [3.8, 4) is 0 Å². The van der Waals surface area contributed by atoms with Crippen LogP contribution in [0, 0.1) is 0 Å².